The van der Waals surface area contributed by atoms with Crippen molar-refractivity contribution in [2.45, 2.75) is 34.1 Å². The van der Waals surface area contributed by atoms with Crippen LogP contribution in [0.4, 0.5) is 11.4 Å². The standard InChI is InChI=1S/C18H28N2O2/c1-14(18(2,3)4)13-17(21)19-15-5-7-16(8-6-15)20-9-11-22-12-10-20/h5-8,14H,9-13H2,1-4H3,(H,19,21). The third kappa shape index (κ3) is 4.73. The number of carbonyl (C=O) groups is 1. The van der Waals surface area contributed by atoms with E-state index in [4.69, 9.17) is 4.74 Å². The van der Waals surface area contributed by atoms with Gasteiger partial charge in [0.2, 0.25) is 5.91 Å². The van der Waals surface area contributed by atoms with Gasteiger partial charge in [-0.05, 0) is 35.6 Å². The highest BCUT2D eigenvalue weighted by atomic mass is 16.5. The van der Waals surface area contributed by atoms with Gasteiger partial charge in [-0.1, -0.05) is 27.7 Å². The van der Waals surface area contributed by atoms with E-state index in [1.54, 1.807) is 0 Å². The van der Waals surface area contributed by atoms with Crippen molar-refractivity contribution in [3.8, 4) is 0 Å². The number of nitrogens with zero attached hydrogens (tertiary/aromatic N) is 1. The van der Waals surface area contributed by atoms with E-state index in [9.17, 15) is 4.79 Å². The largest absolute Gasteiger partial charge is 0.378 e. The SMILES string of the molecule is CC(CC(=O)Nc1ccc(N2CCOCC2)cc1)C(C)(C)C. The van der Waals surface area contributed by atoms with Gasteiger partial charge in [0.25, 0.3) is 0 Å². The number of rotatable bonds is 4. The Morgan fingerprint density at radius 3 is 2.36 bits per heavy atom. The molecule has 1 amide bonds. The molecule has 1 aromatic rings. The van der Waals surface area contributed by atoms with Gasteiger partial charge in [-0.3, -0.25) is 4.79 Å². The molecule has 1 aromatic carbocycles. The molecule has 1 N–H and O–H groups in total. The Morgan fingerprint density at radius 2 is 1.82 bits per heavy atom. The summed E-state index contributed by atoms with van der Waals surface area (Å²) in [5.41, 5.74) is 2.20. The maximum Gasteiger partial charge on any atom is 0.224 e. The second-order valence-electron chi connectivity index (χ2n) is 7.17. The van der Waals surface area contributed by atoms with Crippen LogP contribution in [0.1, 0.15) is 34.1 Å². The summed E-state index contributed by atoms with van der Waals surface area (Å²) in [5, 5.41) is 2.99. The fraction of sp³-hybridized carbons (Fsp3) is 0.611. The lowest BCUT2D eigenvalue weighted by molar-refractivity contribution is -0.117. The molecular formula is C18H28N2O2. The zero-order valence-electron chi connectivity index (χ0n) is 14.2. The molecule has 0 bridgehead atoms. The molecule has 1 atom stereocenters. The quantitative estimate of drug-likeness (QED) is 0.925. The maximum atomic E-state index is 12.1. The first-order valence-electron chi connectivity index (χ1n) is 8.09. The minimum absolute atomic E-state index is 0.0848. The number of carbonyl (C=O) groups excluding carboxylic acids is 1. The molecule has 0 saturated carbocycles. The zero-order chi connectivity index (χ0) is 16.2. The van der Waals surface area contributed by atoms with Gasteiger partial charge in [-0.2, -0.15) is 0 Å². The predicted octanol–water partition coefficient (Wildman–Crippen LogP) is 3.53. The van der Waals surface area contributed by atoms with Crippen molar-refractivity contribution in [1.29, 1.82) is 0 Å². The fourth-order valence-corrected chi connectivity index (χ4v) is 2.37. The molecule has 0 radical (unpaired) electrons. The van der Waals surface area contributed by atoms with E-state index in [2.05, 4.69) is 50.0 Å². The van der Waals surface area contributed by atoms with Crippen molar-refractivity contribution in [1.82, 2.24) is 0 Å². The number of ether oxygens (including phenoxy) is 1. The van der Waals surface area contributed by atoms with Crippen LogP contribution in [0, 0.1) is 11.3 Å². The number of benzene rings is 1. The van der Waals surface area contributed by atoms with Gasteiger partial charge in [0, 0.05) is 30.9 Å². The van der Waals surface area contributed by atoms with Crippen LogP contribution in [0.25, 0.3) is 0 Å². The lowest BCUT2D eigenvalue weighted by Crippen LogP contribution is -2.36. The Kier molecular flexibility index (Phi) is 5.46. The van der Waals surface area contributed by atoms with Crippen molar-refractivity contribution in [2.75, 3.05) is 36.5 Å². The summed E-state index contributed by atoms with van der Waals surface area (Å²) in [6.45, 7) is 12.0. The van der Waals surface area contributed by atoms with Crippen LogP contribution in [0.3, 0.4) is 0 Å². The van der Waals surface area contributed by atoms with Crippen LogP contribution in [-0.4, -0.2) is 32.2 Å². The van der Waals surface area contributed by atoms with Crippen LogP contribution in [0.15, 0.2) is 24.3 Å². The van der Waals surface area contributed by atoms with Gasteiger partial charge in [0.05, 0.1) is 13.2 Å². The highest BCUT2D eigenvalue weighted by Gasteiger charge is 2.22. The molecule has 4 heteroatoms. The van der Waals surface area contributed by atoms with Gasteiger partial charge in [-0.25, -0.2) is 0 Å². The lowest BCUT2D eigenvalue weighted by Gasteiger charge is -2.29. The van der Waals surface area contributed by atoms with Crippen LogP contribution < -0.4 is 10.2 Å². The Hall–Kier alpha value is -1.55. The van der Waals surface area contributed by atoms with Crippen LogP contribution in [0.5, 0.6) is 0 Å². The average molecular weight is 304 g/mol. The third-order valence-corrected chi connectivity index (χ3v) is 4.50. The first-order chi connectivity index (χ1) is 10.4. The first-order valence-corrected chi connectivity index (χ1v) is 8.09. The number of hydrogen-bond acceptors (Lipinski definition) is 3. The highest BCUT2D eigenvalue weighted by molar-refractivity contribution is 5.91. The monoisotopic (exact) mass is 304 g/mol. The summed E-state index contributed by atoms with van der Waals surface area (Å²) >= 11 is 0. The summed E-state index contributed by atoms with van der Waals surface area (Å²) in [5.74, 6) is 0.432. The lowest BCUT2D eigenvalue weighted by atomic mass is 9.80. The van der Waals surface area contributed by atoms with Crippen LogP contribution in [-0.2, 0) is 9.53 Å². The number of amides is 1. The Balaban J connectivity index is 1.89. The van der Waals surface area contributed by atoms with E-state index in [1.165, 1.54) is 5.69 Å². The molecule has 1 aliphatic rings. The van der Waals surface area contributed by atoms with Gasteiger partial charge >= 0.3 is 0 Å². The van der Waals surface area contributed by atoms with E-state index in [0.29, 0.717) is 12.3 Å². The molecule has 1 saturated heterocycles. The van der Waals surface area contributed by atoms with E-state index >= 15 is 0 Å². The van der Waals surface area contributed by atoms with Crippen molar-refractivity contribution in [2.24, 2.45) is 11.3 Å². The molecule has 1 unspecified atom stereocenters. The molecule has 1 heterocycles. The minimum atomic E-state index is 0.0848. The van der Waals surface area contributed by atoms with Crippen molar-refractivity contribution < 1.29 is 9.53 Å². The zero-order valence-corrected chi connectivity index (χ0v) is 14.2. The molecule has 4 nitrogen and oxygen atoms in total. The molecule has 0 aromatic heterocycles. The number of hydrogen-bond donors (Lipinski definition) is 1. The highest BCUT2D eigenvalue weighted by Crippen LogP contribution is 2.28. The Morgan fingerprint density at radius 1 is 1.23 bits per heavy atom. The normalized spacial score (nSPS) is 17.2. The molecule has 1 aliphatic heterocycles. The maximum absolute atomic E-state index is 12.1. The number of nitrogens with one attached hydrogen (secondary N) is 1. The summed E-state index contributed by atoms with van der Waals surface area (Å²) in [6, 6.07) is 8.08. The first kappa shape index (κ1) is 16.8. The van der Waals surface area contributed by atoms with Crippen molar-refractivity contribution in [3.63, 3.8) is 0 Å². The second-order valence-corrected chi connectivity index (χ2v) is 7.17. The minimum Gasteiger partial charge on any atom is -0.378 e. The summed E-state index contributed by atoms with van der Waals surface area (Å²) < 4.78 is 5.36. The van der Waals surface area contributed by atoms with Gasteiger partial charge in [0.1, 0.15) is 0 Å². The molecule has 0 spiro atoms. The van der Waals surface area contributed by atoms with Gasteiger partial charge < -0.3 is 15.0 Å². The summed E-state index contributed by atoms with van der Waals surface area (Å²) in [4.78, 5) is 14.4. The van der Waals surface area contributed by atoms with E-state index in [0.717, 1.165) is 32.0 Å². The summed E-state index contributed by atoms with van der Waals surface area (Å²) in [6.07, 6.45) is 0.550. The Labute approximate surface area is 133 Å². The van der Waals surface area contributed by atoms with Crippen molar-refractivity contribution in [3.05, 3.63) is 24.3 Å². The fourth-order valence-electron chi connectivity index (χ4n) is 2.37. The molecule has 1 fully saturated rings. The van der Waals surface area contributed by atoms with Gasteiger partial charge in [-0.15, -0.1) is 0 Å². The number of anilines is 2. The summed E-state index contributed by atoms with van der Waals surface area (Å²) in [7, 11) is 0. The molecule has 22 heavy (non-hydrogen) atoms. The van der Waals surface area contributed by atoms with Crippen LogP contribution >= 0.6 is 0 Å². The third-order valence-electron chi connectivity index (χ3n) is 4.50. The molecular weight excluding hydrogens is 276 g/mol. The number of morpholine rings is 1. The van der Waals surface area contributed by atoms with E-state index < -0.39 is 0 Å². The predicted molar refractivity (Wildman–Crippen MR) is 91.3 cm³/mol. The molecule has 0 aliphatic carbocycles. The smallest absolute Gasteiger partial charge is 0.224 e. The van der Waals surface area contributed by atoms with Gasteiger partial charge in [0.15, 0.2) is 0 Å². The van der Waals surface area contributed by atoms with Crippen molar-refractivity contribution >= 4 is 17.3 Å². The van der Waals surface area contributed by atoms with Crippen LogP contribution in [0.2, 0.25) is 0 Å². The molecule has 122 valence electrons. The second kappa shape index (κ2) is 7.14. The topological polar surface area (TPSA) is 41.6 Å². The van der Waals surface area contributed by atoms with E-state index in [-0.39, 0.29) is 11.3 Å². The molecule has 2 rings (SSSR count). The van der Waals surface area contributed by atoms with E-state index in [1.807, 2.05) is 12.1 Å². The Bertz CT molecular complexity index is 485. The average Bonchev–Trinajstić information content (AvgIpc) is 2.48.